The van der Waals surface area contributed by atoms with Gasteiger partial charge in [0, 0.05) is 21.4 Å². The Labute approximate surface area is 167 Å². The van der Waals surface area contributed by atoms with Crippen LogP contribution in [-0.2, 0) is 4.79 Å². The number of carbonyl (C=O) groups is 1. The summed E-state index contributed by atoms with van der Waals surface area (Å²) < 4.78 is 0. The molecule has 1 heterocycles. The Hall–Kier alpha value is -2.08. The Balaban J connectivity index is 1.98. The van der Waals surface area contributed by atoms with Crippen LogP contribution >= 0.6 is 35.4 Å². The maximum Gasteiger partial charge on any atom is 0.255 e. The molecule has 0 unspecified atom stereocenters. The Morgan fingerprint density at radius 1 is 1.15 bits per heavy atom. The molecule has 1 amide bonds. The summed E-state index contributed by atoms with van der Waals surface area (Å²) in [4.78, 5) is 13.0. The van der Waals surface area contributed by atoms with Gasteiger partial charge in [0.2, 0.25) is 0 Å². The van der Waals surface area contributed by atoms with Gasteiger partial charge in [-0.05, 0) is 61.5 Å². The van der Waals surface area contributed by atoms with Crippen molar-refractivity contribution in [3.63, 3.8) is 0 Å². The van der Waals surface area contributed by atoms with Crippen LogP contribution in [0.25, 0.3) is 0 Å². The first-order chi connectivity index (χ1) is 12.3. The van der Waals surface area contributed by atoms with E-state index in [4.69, 9.17) is 35.4 Å². The van der Waals surface area contributed by atoms with Crippen molar-refractivity contribution in [1.29, 1.82) is 0 Å². The molecule has 3 N–H and O–H groups in total. The lowest BCUT2D eigenvalue weighted by Gasteiger charge is -2.31. The SMILES string of the molecule is CC1=C(C(=O)Nc2cccc(C)c2)[C@@H](c2ccc(Cl)cc2Cl)NC(=S)N1. The van der Waals surface area contributed by atoms with Crippen molar-refractivity contribution in [1.82, 2.24) is 10.6 Å². The predicted molar refractivity (Wildman–Crippen MR) is 111 cm³/mol. The number of hydrogen-bond acceptors (Lipinski definition) is 2. The second kappa shape index (κ2) is 7.66. The summed E-state index contributed by atoms with van der Waals surface area (Å²) in [6, 6.07) is 12.3. The van der Waals surface area contributed by atoms with E-state index in [1.165, 1.54) is 0 Å². The van der Waals surface area contributed by atoms with Gasteiger partial charge in [-0.3, -0.25) is 4.79 Å². The van der Waals surface area contributed by atoms with Gasteiger partial charge in [-0.2, -0.15) is 0 Å². The maximum atomic E-state index is 13.0. The van der Waals surface area contributed by atoms with E-state index >= 15 is 0 Å². The summed E-state index contributed by atoms with van der Waals surface area (Å²) in [6.07, 6.45) is 0. The standard InChI is InChI=1S/C19H17Cl2N3OS/c1-10-4-3-5-13(8-10)23-18(25)16-11(2)22-19(26)24-17(16)14-7-6-12(20)9-15(14)21/h3-9,17H,1-2H3,(H,23,25)(H2,22,24,26)/t17-/m1/s1. The fraction of sp³-hybridized carbons (Fsp3) is 0.158. The van der Waals surface area contributed by atoms with Crippen LogP contribution in [0.3, 0.4) is 0 Å². The molecular weight excluding hydrogens is 389 g/mol. The Bertz CT molecular complexity index is 927. The Morgan fingerprint density at radius 2 is 1.92 bits per heavy atom. The number of halogens is 2. The Morgan fingerprint density at radius 3 is 2.62 bits per heavy atom. The molecule has 0 fully saturated rings. The second-order valence-electron chi connectivity index (χ2n) is 6.06. The zero-order valence-electron chi connectivity index (χ0n) is 14.2. The highest BCUT2D eigenvalue weighted by atomic mass is 35.5. The molecule has 0 radical (unpaired) electrons. The number of amides is 1. The molecule has 2 aromatic carbocycles. The molecule has 0 spiro atoms. The van der Waals surface area contributed by atoms with Crippen molar-refractivity contribution >= 4 is 52.1 Å². The summed E-state index contributed by atoms with van der Waals surface area (Å²) in [5.74, 6) is -0.230. The second-order valence-corrected chi connectivity index (χ2v) is 7.31. The monoisotopic (exact) mass is 405 g/mol. The molecule has 134 valence electrons. The first kappa shape index (κ1) is 18.7. The van der Waals surface area contributed by atoms with E-state index in [1.54, 1.807) is 18.2 Å². The van der Waals surface area contributed by atoms with Crippen molar-refractivity contribution in [3.05, 3.63) is 74.9 Å². The van der Waals surface area contributed by atoms with Crippen LogP contribution in [0.1, 0.15) is 24.1 Å². The summed E-state index contributed by atoms with van der Waals surface area (Å²) in [5.41, 5.74) is 3.71. The lowest BCUT2D eigenvalue weighted by Crippen LogP contribution is -2.45. The van der Waals surface area contributed by atoms with Crippen LogP contribution in [0.5, 0.6) is 0 Å². The van der Waals surface area contributed by atoms with Crippen LogP contribution in [0.15, 0.2) is 53.7 Å². The number of hydrogen-bond donors (Lipinski definition) is 3. The van der Waals surface area contributed by atoms with Crippen LogP contribution < -0.4 is 16.0 Å². The number of carbonyl (C=O) groups excluding carboxylic acids is 1. The first-order valence-corrected chi connectivity index (χ1v) is 9.13. The van der Waals surface area contributed by atoms with Crippen molar-refractivity contribution < 1.29 is 4.79 Å². The fourth-order valence-electron chi connectivity index (χ4n) is 2.88. The zero-order valence-corrected chi connectivity index (χ0v) is 16.5. The van der Waals surface area contributed by atoms with Gasteiger partial charge in [0.25, 0.3) is 5.91 Å². The highest BCUT2D eigenvalue weighted by Gasteiger charge is 2.31. The third-order valence-electron chi connectivity index (χ3n) is 4.06. The van der Waals surface area contributed by atoms with Gasteiger partial charge in [-0.25, -0.2) is 0 Å². The molecule has 0 saturated heterocycles. The molecule has 7 heteroatoms. The van der Waals surface area contributed by atoms with Crippen molar-refractivity contribution in [2.24, 2.45) is 0 Å². The van der Waals surface area contributed by atoms with Crippen molar-refractivity contribution in [2.75, 3.05) is 5.32 Å². The van der Waals surface area contributed by atoms with Crippen LogP contribution in [0.4, 0.5) is 5.69 Å². The van der Waals surface area contributed by atoms with Gasteiger partial charge in [0.05, 0.1) is 11.6 Å². The van der Waals surface area contributed by atoms with E-state index in [9.17, 15) is 4.79 Å². The highest BCUT2D eigenvalue weighted by molar-refractivity contribution is 7.80. The van der Waals surface area contributed by atoms with E-state index in [0.29, 0.717) is 26.4 Å². The smallest absolute Gasteiger partial charge is 0.255 e. The van der Waals surface area contributed by atoms with Gasteiger partial charge in [-0.15, -0.1) is 0 Å². The van der Waals surface area contributed by atoms with Gasteiger partial charge in [-0.1, -0.05) is 41.4 Å². The molecule has 26 heavy (non-hydrogen) atoms. The molecule has 0 aromatic heterocycles. The number of anilines is 1. The maximum absolute atomic E-state index is 13.0. The largest absolute Gasteiger partial charge is 0.351 e. The van der Waals surface area contributed by atoms with Crippen molar-refractivity contribution in [3.8, 4) is 0 Å². The van der Waals surface area contributed by atoms with Gasteiger partial charge in [0.15, 0.2) is 5.11 Å². The molecule has 3 rings (SSSR count). The number of thiocarbonyl (C=S) groups is 1. The minimum atomic E-state index is -0.474. The summed E-state index contributed by atoms with van der Waals surface area (Å²) >= 11 is 17.6. The molecule has 1 atom stereocenters. The third-order valence-corrected chi connectivity index (χ3v) is 4.85. The number of nitrogens with one attached hydrogen (secondary N) is 3. The first-order valence-electron chi connectivity index (χ1n) is 7.96. The molecule has 4 nitrogen and oxygen atoms in total. The van der Waals surface area contributed by atoms with Crippen LogP contribution in [0.2, 0.25) is 10.0 Å². The summed E-state index contributed by atoms with van der Waals surface area (Å²) in [7, 11) is 0. The van der Waals surface area contributed by atoms with Gasteiger partial charge in [0.1, 0.15) is 0 Å². The third kappa shape index (κ3) is 4.01. The van der Waals surface area contributed by atoms with E-state index in [1.807, 2.05) is 38.1 Å². The normalized spacial score (nSPS) is 16.8. The van der Waals surface area contributed by atoms with Gasteiger partial charge >= 0.3 is 0 Å². The fourth-order valence-corrected chi connectivity index (χ4v) is 3.67. The molecular formula is C19H17Cl2N3OS. The highest BCUT2D eigenvalue weighted by Crippen LogP contribution is 2.33. The minimum Gasteiger partial charge on any atom is -0.351 e. The molecule has 0 bridgehead atoms. The van der Waals surface area contributed by atoms with E-state index in [0.717, 1.165) is 16.8 Å². The number of benzene rings is 2. The van der Waals surface area contributed by atoms with Crippen LogP contribution in [0, 0.1) is 6.92 Å². The molecule has 0 aliphatic carbocycles. The quantitative estimate of drug-likeness (QED) is 0.645. The number of aryl methyl sites for hydroxylation is 1. The van der Waals surface area contributed by atoms with E-state index in [-0.39, 0.29) is 5.91 Å². The summed E-state index contributed by atoms with van der Waals surface area (Å²) in [6.45, 7) is 3.79. The lowest BCUT2D eigenvalue weighted by molar-refractivity contribution is -0.113. The Kier molecular flexibility index (Phi) is 5.51. The summed E-state index contributed by atoms with van der Waals surface area (Å²) in [5, 5.41) is 10.5. The number of rotatable bonds is 3. The predicted octanol–water partition coefficient (Wildman–Crippen LogP) is 4.73. The lowest BCUT2D eigenvalue weighted by atomic mass is 9.95. The zero-order chi connectivity index (χ0) is 18.8. The van der Waals surface area contributed by atoms with E-state index < -0.39 is 6.04 Å². The molecule has 1 aliphatic rings. The topological polar surface area (TPSA) is 53.2 Å². The minimum absolute atomic E-state index is 0.230. The average molecular weight is 406 g/mol. The van der Waals surface area contributed by atoms with Crippen molar-refractivity contribution in [2.45, 2.75) is 19.9 Å². The average Bonchev–Trinajstić information content (AvgIpc) is 2.53. The number of allylic oxidation sites excluding steroid dienone is 1. The molecule has 1 aliphatic heterocycles. The van der Waals surface area contributed by atoms with E-state index in [2.05, 4.69) is 16.0 Å². The molecule has 0 saturated carbocycles. The van der Waals surface area contributed by atoms with Crippen LogP contribution in [-0.4, -0.2) is 11.0 Å². The molecule has 2 aromatic rings. The van der Waals surface area contributed by atoms with Gasteiger partial charge < -0.3 is 16.0 Å².